The number of halogens is 2. The molecule has 1 aromatic carbocycles. The minimum Gasteiger partial charge on any atom is -0.497 e. The first kappa shape index (κ1) is 13.9. The Morgan fingerprint density at radius 3 is 2.35 bits per heavy atom. The van der Waals surface area contributed by atoms with Crippen molar-refractivity contribution in [2.45, 2.75) is 5.92 Å². The van der Waals surface area contributed by atoms with Crippen LogP contribution in [0.15, 0.2) is 24.3 Å². The summed E-state index contributed by atoms with van der Waals surface area (Å²) >= 11 is 0. The first-order valence-corrected chi connectivity index (χ1v) is 5.32. The molecule has 5 heteroatoms. The van der Waals surface area contributed by atoms with E-state index in [4.69, 9.17) is 9.47 Å². The van der Waals surface area contributed by atoms with Gasteiger partial charge < -0.3 is 14.8 Å². The Kier molecular flexibility index (Phi) is 5.31. The van der Waals surface area contributed by atoms with Crippen LogP contribution in [0.4, 0.5) is 8.78 Å². The normalized spacial score (nSPS) is 11.5. The molecule has 0 aliphatic rings. The summed E-state index contributed by atoms with van der Waals surface area (Å²) < 4.78 is 37.0. The van der Waals surface area contributed by atoms with Gasteiger partial charge in [-0.05, 0) is 24.3 Å². The molecule has 0 saturated carbocycles. The molecule has 1 aromatic rings. The van der Waals surface area contributed by atoms with E-state index in [1.807, 2.05) is 0 Å². The van der Waals surface area contributed by atoms with Crippen LogP contribution in [0.1, 0.15) is 5.56 Å². The Bertz CT molecular complexity index is 328. The van der Waals surface area contributed by atoms with Crippen molar-refractivity contribution < 1.29 is 18.3 Å². The number of hydrogen-bond donors (Lipinski definition) is 1. The van der Waals surface area contributed by atoms with E-state index in [9.17, 15) is 8.78 Å². The van der Waals surface area contributed by atoms with Crippen LogP contribution in [-0.2, 0) is 10.7 Å². The predicted octanol–water partition coefficient (Wildman–Crippen LogP) is 2.02. The van der Waals surface area contributed by atoms with E-state index >= 15 is 0 Å². The van der Waals surface area contributed by atoms with E-state index in [1.54, 1.807) is 0 Å². The Hall–Kier alpha value is -1.20. The molecule has 3 nitrogen and oxygen atoms in total. The minimum absolute atomic E-state index is 0.0248. The van der Waals surface area contributed by atoms with Gasteiger partial charge in [0.25, 0.3) is 5.92 Å². The van der Waals surface area contributed by atoms with Crippen LogP contribution in [0.25, 0.3) is 0 Å². The molecule has 0 radical (unpaired) electrons. The fourth-order valence-corrected chi connectivity index (χ4v) is 1.36. The summed E-state index contributed by atoms with van der Waals surface area (Å²) in [6, 6.07) is 5.80. The van der Waals surface area contributed by atoms with Crippen molar-refractivity contribution in [3.8, 4) is 5.75 Å². The summed E-state index contributed by atoms with van der Waals surface area (Å²) in [4.78, 5) is 0. The van der Waals surface area contributed by atoms with Gasteiger partial charge in [0.1, 0.15) is 5.75 Å². The molecule has 1 N–H and O–H groups in total. The highest BCUT2D eigenvalue weighted by Gasteiger charge is 2.30. The van der Waals surface area contributed by atoms with Gasteiger partial charge in [0.05, 0.1) is 20.3 Å². The maximum absolute atomic E-state index is 13.7. The molecule has 0 spiro atoms. The molecule has 0 saturated heterocycles. The van der Waals surface area contributed by atoms with Gasteiger partial charge in [-0.15, -0.1) is 0 Å². The van der Waals surface area contributed by atoms with Crippen molar-refractivity contribution in [2.75, 3.05) is 33.9 Å². The lowest BCUT2D eigenvalue weighted by Gasteiger charge is -2.17. The molecule has 1 rings (SSSR count). The summed E-state index contributed by atoms with van der Waals surface area (Å²) in [5, 5.41) is 2.65. The summed E-state index contributed by atoms with van der Waals surface area (Å²) in [6.07, 6.45) is 0. The molecule has 0 aliphatic heterocycles. The molecule has 0 unspecified atom stereocenters. The number of ether oxygens (including phenoxy) is 2. The SMILES string of the molecule is COCCNCC(F)(F)c1ccc(OC)cc1. The van der Waals surface area contributed by atoms with Gasteiger partial charge in [0.2, 0.25) is 0 Å². The van der Waals surface area contributed by atoms with Crippen LogP contribution in [0, 0.1) is 0 Å². The Morgan fingerprint density at radius 1 is 1.18 bits per heavy atom. The number of nitrogens with one attached hydrogen (secondary N) is 1. The van der Waals surface area contributed by atoms with Gasteiger partial charge in [-0.2, -0.15) is 8.78 Å². The number of methoxy groups -OCH3 is 2. The van der Waals surface area contributed by atoms with Crippen molar-refractivity contribution in [2.24, 2.45) is 0 Å². The Labute approximate surface area is 99.7 Å². The summed E-state index contributed by atoms with van der Waals surface area (Å²) in [6.45, 7) is 0.420. The highest BCUT2D eigenvalue weighted by atomic mass is 19.3. The maximum atomic E-state index is 13.7. The van der Waals surface area contributed by atoms with Gasteiger partial charge in [0, 0.05) is 19.2 Å². The average molecular weight is 245 g/mol. The first-order chi connectivity index (χ1) is 8.10. The first-order valence-electron chi connectivity index (χ1n) is 5.32. The number of benzene rings is 1. The van der Waals surface area contributed by atoms with Gasteiger partial charge in [-0.1, -0.05) is 0 Å². The summed E-state index contributed by atoms with van der Waals surface area (Å²) in [7, 11) is 3.03. The van der Waals surface area contributed by atoms with E-state index in [0.29, 0.717) is 18.9 Å². The Morgan fingerprint density at radius 2 is 1.82 bits per heavy atom. The van der Waals surface area contributed by atoms with Crippen LogP contribution in [-0.4, -0.2) is 33.9 Å². The molecule has 17 heavy (non-hydrogen) atoms. The number of rotatable bonds is 7. The quantitative estimate of drug-likeness (QED) is 0.745. The van der Waals surface area contributed by atoms with E-state index < -0.39 is 12.5 Å². The lowest BCUT2D eigenvalue weighted by molar-refractivity contribution is -0.00418. The molecule has 0 bridgehead atoms. The average Bonchev–Trinajstić information content (AvgIpc) is 2.35. The van der Waals surface area contributed by atoms with Gasteiger partial charge >= 0.3 is 0 Å². The highest BCUT2D eigenvalue weighted by molar-refractivity contribution is 5.29. The van der Waals surface area contributed by atoms with E-state index in [1.165, 1.54) is 38.5 Å². The summed E-state index contributed by atoms with van der Waals surface area (Å²) in [5.74, 6) is -2.32. The second-order valence-corrected chi connectivity index (χ2v) is 3.60. The standard InChI is InChI=1S/C12H17F2NO2/c1-16-8-7-15-9-12(13,14)10-3-5-11(17-2)6-4-10/h3-6,15H,7-9H2,1-2H3. The number of alkyl halides is 2. The second-order valence-electron chi connectivity index (χ2n) is 3.60. The second kappa shape index (κ2) is 6.51. The lowest BCUT2D eigenvalue weighted by Crippen LogP contribution is -2.32. The van der Waals surface area contributed by atoms with E-state index in [0.717, 1.165) is 0 Å². The highest BCUT2D eigenvalue weighted by Crippen LogP contribution is 2.28. The molecule has 0 heterocycles. The van der Waals surface area contributed by atoms with Crippen molar-refractivity contribution in [3.63, 3.8) is 0 Å². The molecule has 0 aliphatic carbocycles. The molecule has 0 fully saturated rings. The fraction of sp³-hybridized carbons (Fsp3) is 0.500. The zero-order valence-corrected chi connectivity index (χ0v) is 10.0. The maximum Gasteiger partial charge on any atom is 0.285 e. The third-order valence-corrected chi connectivity index (χ3v) is 2.34. The van der Waals surface area contributed by atoms with Crippen LogP contribution in [0.3, 0.4) is 0 Å². The zero-order chi connectivity index (χ0) is 12.7. The molecule has 0 amide bonds. The van der Waals surface area contributed by atoms with E-state index in [2.05, 4.69) is 5.32 Å². The van der Waals surface area contributed by atoms with Gasteiger partial charge in [0.15, 0.2) is 0 Å². The monoisotopic (exact) mass is 245 g/mol. The molecule has 0 atom stereocenters. The topological polar surface area (TPSA) is 30.5 Å². The fourth-order valence-electron chi connectivity index (χ4n) is 1.36. The van der Waals surface area contributed by atoms with Gasteiger partial charge in [-0.3, -0.25) is 0 Å². The zero-order valence-electron chi connectivity index (χ0n) is 10.0. The molecular formula is C12H17F2NO2. The molecule has 96 valence electrons. The van der Waals surface area contributed by atoms with Crippen LogP contribution >= 0.6 is 0 Å². The van der Waals surface area contributed by atoms with Crippen LogP contribution in [0.2, 0.25) is 0 Å². The van der Waals surface area contributed by atoms with Crippen molar-refractivity contribution >= 4 is 0 Å². The number of hydrogen-bond acceptors (Lipinski definition) is 3. The van der Waals surface area contributed by atoms with Gasteiger partial charge in [-0.25, -0.2) is 0 Å². The van der Waals surface area contributed by atoms with Crippen LogP contribution in [0.5, 0.6) is 5.75 Å². The van der Waals surface area contributed by atoms with Crippen LogP contribution < -0.4 is 10.1 Å². The lowest BCUT2D eigenvalue weighted by atomic mass is 10.1. The Balaban J connectivity index is 2.55. The largest absolute Gasteiger partial charge is 0.497 e. The summed E-state index contributed by atoms with van der Waals surface area (Å²) in [5.41, 5.74) is -0.0248. The third kappa shape index (κ3) is 4.28. The van der Waals surface area contributed by atoms with Crippen molar-refractivity contribution in [1.82, 2.24) is 5.32 Å². The molecular weight excluding hydrogens is 228 g/mol. The molecule has 0 aromatic heterocycles. The smallest absolute Gasteiger partial charge is 0.285 e. The van der Waals surface area contributed by atoms with Crippen molar-refractivity contribution in [1.29, 1.82) is 0 Å². The van der Waals surface area contributed by atoms with E-state index in [-0.39, 0.29) is 5.56 Å². The third-order valence-electron chi connectivity index (χ3n) is 2.34. The van der Waals surface area contributed by atoms with Crippen molar-refractivity contribution in [3.05, 3.63) is 29.8 Å². The minimum atomic E-state index is -2.89. The predicted molar refractivity (Wildman–Crippen MR) is 61.6 cm³/mol.